The van der Waals surface area contributed by atoms with Gasteiger partial charge in [-0.3, -0.25) is 0 Å². The van der Waals surface area contributed by atoms with E-state index in [-0.39, 0.29) is 28.5 Å². The van der Waals surface area contributed by atoms with Crippen LogP contribution in [0, 0.1) is 11.8 Å². The first kappa shape index (κ1) is 29.7. The van der Waals surface area contributed by atoms with Crippen LogP contribution in [0.5, 0.6) is 0 Å². The van der Waals surface area contributed by atoms with E-state index in [4.69, 9.17) is 0 Å². The molecular weight excluding hydrogens is 567 g/mol. The SMILES string of the molecule is CC(C)(C)c1ccc(N2c3ccc(C(C)(C)C)cc3B3c4cccc5c4N(c4cccc2c43)C2(C)CC3CCCCC3CC52C)cc1. The van der Waals surface area contributed by atoms with Gasteiger partial charge in [0.05, 0.1) is 5.54 Å². The summed E-state index contributed by atoms with van der Waals surface area (Å²) in [6.45, 7) is 19.5. The zero-order valence-electron chi connectivity index (χ0n) is 29.9. The molecule has 2 fully saturated rings. The summed E-state index contributed by atoms with van der Waals surface area (Å²) in [5, 5.41) is 0. The van der Waals surface area contributed by atoms with Gasteiger partial charge in [-0.1, -0.05) is 123 Å². The Balaban J connectivity index is 1.32. The largest absolute Gasteiger partial charge is 0.335 e. The van der Waals surface area contributed by atoms with Crippen LogP contribution < -0.4 is 26.2 Å². The molecule has 0 spiro atoms. The molecule has 4 unspecified atom stereocenters. The second-order valence-electron chi connectivity index (χ2n) is 18.2. The summed E-state index contributed by atoms with van der Waals surface area (Å²) in [5.74, 6) is 1.70. The molecule has 0 saturated heterocycles. The minimum atomic E-state index is 0.0523. The van der Waals surface area contributed by atoms with Gasteiger partial charge in [-0.2, -0.15) is 0 Å². The normalized spacial score (nSPS) is 27.1. The molecule has 240 valence electrons. The lowest BCUT2D eigenvalue weighted by Gasteiger charge is -2.57. The van der Waals surface area contributed by atoms with Gasteiger partial charge >= 0.3 is 0 Å². The van der Waals surface area contributed by atoms with Crippen molar-refractivity contribution < 1.29 is 0 Å². The van der Waals surface area contributed by atoms with Crippen molar-refractivity contribution in [3.8, 4) is 0 Å². The molecule has 0 N–H and O–H groups in total. The maximum atomic E-state index is 2.89. The van der Waals surface area contributed by atoms with Crippen molar-refractivity contribution in [1.29, 1.82) is 0 Å². The number of nitrogens with zero attached hydrogens (tertiary/aromatic N) is 2. The smallest absolute Gasteiger partial charge is 0.252 e. The Morgan fingerprint density at radius 3 is 2.00 bits per heavy atom. The predicted octanol–water partition coefficient (Wildman–Crippen LogP) is 9.66. The van der Waals surface area contributed by atoms with Gasteiger partial charge in [0.15, 0.2) is 0 Å². The molecule has 0 aromatic heterocycles. The van der Waals surface area contributed by atoms with Crippen LogP contribution in [0.25, 0.3) is 0 Å². The molecule has 0 amide bonds. The lowest BCUT2D eigenvalue weighted by atomic mass is 9.33. The Bertz CT molecular complexity index is 1930. The van der Waals surface area contributed by atoms with Crippen LogP contribution in [-0.4, -0.2) is 12.3 Å². The van der Waals surface area contributed by atoms with Crippen LogP contribution in [0.2, 0.25) is 0 Å². The number of fused-ring (bicyclic) bond motifs is 8. The molecule has 4 aromatic rings. The van der Waals surface area contributed by atoms with E-state index >= 15 is 0 Å². The highest BCUT2D eigenvalue weighted by Crippen LogP contribution is 2.65. The highest BCUT2D eigenvalue weighted by molar-refractivity contribution is 7.00. The average Bonchev–Trinajstić information content (AvgIpc) is 3.24. The average molecular weight is 619 g/mol. The van der Waals surface area contributed by atoms with Crippen molar-refractivity contribution in [2.75, 3.05) is 9.80 Å². The maximum absolute atomic E-state index is 2.89. The Hall–Kier alpha value is -3.46. The van der Waals surface area contributed by atoms with E-state index in [9.17, 15) is 0 Å². The molecule has 0 bridgehead atoms. The number of hydrogen-bond donors (Lipinski definition) is 0. The van der Waals surface area contributed by atoms with Crippen LogP contribution in [0.1, 0.15) is 111 Å². The van der Waals surface area contributed by atoms with Crippen molar-refractivity contribution >= 4 is 51.5 Å². The fraction of sp³-hybridized carbons (Fsp3) is 0.455. The zero-order chi connectivity index (χ0) is 32.7. The lowest BCUT2D eigenvalue weighted by molar-refractivity contribution is 0.0581. The Morgan fingerprint density at radius 1 is 0.660 bits per heavy atom. The van der Waals surface area contributed by atoms with Crippen molar-refractivity contribution in [2.24, 2.45) is 11.8 Å². The lowest BCUT2D eigenvalue weighted by Crippen LogP contribution is -2.65. The number of hydrogen-bond acceptors (Lipinski definition) is 2. The summed E-state index contributed by atoms with van der Waals surface area (Å²) in [7, 11) is 0. The summed E-state index contributed by atoms with van der Waals surface area (Å²) in [6, 6.07) is 31.4. The molecule has 4 aromatic carbocycles. The molecule has 5 aliphatic rings. The topological polar surface area (TPSA) is 6.48 Å². The second-order valence-corrected chi connectivity index (χ2v) is 18.2. The van der Waals surface area contributed by atoms with Gasteiger partial charge < -0.3 is 9.80 Å². The van der Waals surface area contributed by atoms with Crippen LogP contribution in [-0.2, 0) is 16.2 Å². The Kier molecular flexibility index (Phi) is 6.05. The van der Waals surface area contributed by atoms with Gasteiger partial charge in [0.2, 0.25) is 0 Å². The van der Waals surface area contributed by atoms with Gasteiger partial charge in [0.25, 0.3) is 6.71 Å². The fourth-order valence-electron chi connectivity index (χ4n) is 10.8. The number of rotatable bonds is 1. The van der Waals surface area contributed by atoms with Crippen molar-refractivity contribution in [3.63, 3.8) is 0 Å². The minimum absolute atomic E-state index is 0.0523. The van der Waals surface area contributed by atoms with E-state index in [1.165, 1.54) is 94.5 Å². The first-order valence-corrected chi connectivity index (χ1v) is 18.4. The fourth-order valence-corrected chi connectivity index (χ4v) is 10.8. The molecule has 3 aliphatic heterocycles. The molecule has 0 radical (unpaired) electrons. The summed E-state index contributed by atoms with van der Waals surface area (Å²) >= 11 is 0. The Labute approximate surface area is 283 Å². The summed E-state index contributed by atoms with van der Waals surface area (Å²) < 4.78 is 0. The highest BCUT2D eigenvalue weighted by Gasteiger charge is 2.64. The van der Waals surface area contributed by atoms with Crippen molar-refractivity contribution in [1.82, 2.24) is 0 Å². The third-order valence-corrected chi connectivity index (χ3v) is 13.5. The molecule has 3 heterocycles. The number of benzene rings is 4. The van der Waals surface area contributed by atoms with Gasteiger partial charge in [-0.25, -0.2) is 0 Å². The predicted molar refractivity (Wildman–Crippen MR) is 202 cm³/mol. The van der Waals surface area contributed by atoms with Crippen LogP contribution in [0.3, 0.4) is 0 Å². The van der Waals surface area contributed by atoms with Gasteiger partial charge in [-0.05, 0) is 106 Å². The summed E-state index contributed by atoms with van der Waals surface area (Å²) in [6.07, 6.45) is 8.26. The first-order valence-electron chi connectivity index (χ1n) is 18.4. The second kappa shape index (κ2) is 9.58. The molecule has 2 aliphatic carbocycles. The van der Waals surface area contributed by atoms with Crippen LogP contribution >= 0.6 is 0 Å². The van der Waals surface area contributed by atoms with Gasteiger partial charge in [-0.15, -0.1) is 0 Å². The van der Waals surface area contributed by atoms with Crippen molar-refractivity contribution in [3.05, 3.63) is 95.6 Å². The van der Waals surface area contributed by atoms with Gasteiger partial charge in [0.1, 0.15) is 0 Å². The highest BCUT2D eigenvalue weighted by atomic mass is 15.3. The molecule has 2 nitrogen and oxygen atoms in total. The Morgan fingerprint density at radius 2 is 1.30 bits per heavy atom. The quantitative estimate of drug-likeness (QED) is 0.173. The third-order valence-electron chi connectivity index (χ3n) is 13.5. The molecule has 2 saturated carbocycles. The summed E-state index contributed by atoms with van der Waals surface area (Å²) in [4.78, 5) is 5.46. The van der Waals surface area contributed by atoms with E-state index in [0.717, 1.165) is 11.8 Å². The first-order chi connectivity index (χ1) is 22.3. The third kappa shape index (κ3) is 3.92. The molecule has 3 heteroatoms. The van der Waals surface area contributed by atoms with Gasteiger partial charge in [0, 0.05) is 33.9 Å². The number of para-hydroxylation sites is 1. The molecule has 9 rings (SSSR count). The standard InChI is InChI=1S/C44H51BN2/c1-41(2,3)30-19-22-32(23-20-30)46-36-24-21-31(42(4,5)6)25-35(36)45-34-16-11-15-33-40(34)47(38-18-12-17-37(46)39(38)45)44(8)27-29-14-10-9-13-28(29)26-43(33,44)7/h11-12,15-25,28-29H,9-10,13-14,26-27H2,1-8H3. The molecule has 4 atom stereocenters. The van der Waals surface area contributed by atoms with E-state index in [1.807, 2.05) is 0 Å². The van der Waals surface area contributed by atoms with E-state index in [2.05, 4.69) is 144 Å². The van der Waals surface area contributed by atoms with E-state index in [0.29, 0.717) is 0 Å². The summed E-state index contributed by atoms with van der Waals surface area (Å²) in [5.41, 5.74) is 16.1. The minimum Gasteiger partial charge on any atom is -0.335 e. The van der Waals surface area contributed by atoms with Crippen molar-refractivity contribution in [2.45, 2.75) is 116 Å². The zero-order valence-corrected chi connectivity index (χ0v) is 29.9. The number of anilines is 5. The molecule has 47 heavy (non-hydrogen) atoms. The van der Waals surface area contributed by atoms with Crippen LogP contribution in [0.15, 0.2) is 78.9 Å². The molecular formula is C44H51BN2. The monoisotopic (exact) mass is 618 g/mol. The van der Waals surface area contributed by atoms with Crippen LogP contribution in [0.4, 0.5) is 28.4 Å². The van der Waals surface area contributed by atoms with E-state index in [1.54, 1.807) is 5.56 Å². The van der Waals surface area contributed by atoms with E-state index < -0.39 is 0 Å². The maximum Gasteiger partial charge on any atom is 0.252 e.